The number of benzene rings is 1. The van der Waals surface area contributed by atoms with E-state index in [1.807, 2.05) is 0 Å². The van der Waals surface area contributed by atoms with Crippen molar-refractivity contribution in [1.29, 1.82) is 0 Å². The Bertz CT molecular complexity index is 1090. The van der Waals surface area contributed by atoms with Gasteiger partial charge in [0.2, 0.25) is 0 Å². The Morgan fingerprint density at radius 1 is 1.28 bits per heavy atom. The van der Waals surface area contributed by atoms with Gasteiger partial charge in [0.15, 0.2) is 5.69 Å². The molecule has 2 heterocycles. The van der Waals surface area contributed by atoms with E-state index in [9.17, 15) is 14.0 Å². The Kier molecular flexibility index (Phi) is 5.69. The van der Waals surface area contributed by atoms with Gasteiger partial charge in [-0.05, 0) is 44.5 Å². The van der Waals surface area contributed by atoms with E-state index >= 15 is 0 Å². The molecule has 8 nitrogen and oxygen atoms in total. The lowest BCUT2D eigenvalue weighted by molar-refractivity contribution is -0.140. The number of hydrogen-bond donors (Lipinski definition) is 2. The molecular weight excluding hydrogens is 401 g/mol. The summed E-state index contributed by atoms with van der Waals surface area (Å²) >= 11 is 6.09. The Morgan fingerprint density at radius 3 is 2.66 bits per heavy atom. The van der Waals surface area contributed by atoms with Crippen LogP contribution in [-0.2, 0) is 11.3 Å². The molecule has 152 valence electrons. The van der Waals surface area contributed by atoms with E-state index in [2.05, 4.69) is 15.5 Å². The summed E-state index contributed by atoms with van der Waals surface area (Å²) in [5.41, 5.74) is 2.58. The molecule has 0 bridgehead atoms. The summed E-state index contributed by atoms with van der Waals surface area (Å²) < 4.78 is 16.1. The van der Waals surface area contributed by atoms with Gasteiger partial charge in [0.25, 0.3) is 5.91 Å². The molecule has 0 aliphatic rings. The van der Waals surface area contributed by atoms with E-state index in [-0.39, 0.29) is 5.69 Å². The molecule has 1 unspecified atom stereocenters. The minimum Gasteiger partial charge on any atom is -0.480 e. The van der Waals surface area contributed by atoms with Crippen LogP contribution in [0.5, 0.6) is 0 Å². The van der Waals surface area contributed by atoms with Crippen LogP contribution < -0.4 is 5.32 Å². The van der Waals surface area contributed by atoms with E-state index in [1.54, 1.807) is 24.6 Å². The fraction of sp³-hybridized carbons (Fsp3) is 0.263. The molecule has 1 aromatic carbocycles. The maximum atomic E-state index is 13.2. The fourth-order valence-corrected chi connectivity index (χ4v) is 3.04. The van der Waals surface area contributed by atoms with Gasteiger partial charge in [-0.2, -0.15) is 10.2 Å². The van der Waals surface area contributed by atoms with E-state index in [1.165, 1.54) is 36.0 Å². The van der Waals surface area contributed by atoms with Crippen LogP contribution in [0.3, 0.4) is 0 Å². The number of amides is 1. The topological polar surface area (TPSA) is 102 Å². The molecule has 0 spiro atoms. The van der Waals surface area contributed by atoms with Crippen molar-refractivity contribution in [2.24, 2.45) is 0 Å². The zero-order valence-electron chi connectivity index (χ0n) is 16.0. The quantitative estimate of drug-likeness (QED) is 0.637. The van der Waals surface area contributed by atoms with Crippen molar-refractivity contribution in [2.75, 3.05) is 5.32 Å². The minimum absolute atomic E-state index is 0.0891. The smallest absolute Gasteiger partial charge is 0.328 e. The Labute approximate surface area is 170 Å². The summed E-state index contributed by atoms with van der Waals surface area (Å²) in [7, 11) is 0. The van der Waals surface area contributed by atoms with Gasteiger partial charge in [0.1, 0.15) is 11.9 Å². The number of halogens is 2. The molecule has 10 heteroatoms. The monoisotopic (exact) mass is 419 g/mol. The van der Waals surface area contributed by atoms with Gasteiger partial charge in [0, 0.05) is 11.2 Å². The molecule has 0 radical (unpaired) electrons. The van der Waals surface area contributed by atoms with Gasteiger partial charge in [-0.25, -0.2) is 9.18 Å². The van der Waals surface area contributed by atoms with E-state index < -0.39 is 23.7 Å². The second-order valence-electron chi connectivity index (χ2n) is 6.59. The number of carbonyl (C=O) groups is 2. The standard InChI is InChI=1S/C19H19ClFN5O3/c1-10-17(22-18(27)16-6-7-25(24-16)12(3)19(28)29)11(2)26(23-10)9-13-4-5-14(21)8-15(13)20/h4-8,12H,9H2,1-3H3,(H,22,27)(H,28,29). The van der Waals surface area contributed by atoms with Crippen LogP contribution in [-0.4, -0.2) is 36.5 Å². The highest BCUT2D eigenvalue weighted by Gasteiger charge is 2.20. The third-order valence-electron chi connectivity index (χ3n) is 4.55. The Hall–Kier alpha value is -3.20. The molecule has 3 rings (SSSR count). The zero-order valence-corrected chi connectivity index (χ0v) is 16.7. The highest BCUT2D eigenvalue weighted by Crippen LogP contribution is 2.24. The highest BCUT2D eigenvalue weighted by atomic mass is 35.5. The summed E-state index contributed by atoms with van der Waals surface area (Å²) in [5, 5.41) is 20.6. The van der Waals surface area contributed by atoms with Crippen LogP contribution in [0, 0.1) is 19.7 Å². The van der Waals surface area contributed by atoms with Crippen LogP contribution in [0.4, 0.5) is 10.1 Å². The molecule has 2 N–H and O–H groups in total. The maximum absolute atomic E-state index is 13.2. The number of rotatable bonds is 6. The summed E-state index contributed by atoms with van der Waals surface area (Å²) in [6.07, 6.45) is 1.44. The SMILES string of the molecule is Cc1nn(Cc2ccc(F)cc2Cl)c(C)c1NC(=O)c1ccn(C(C)C(=O)O)n1. The first-order chi connectivity index (χ1) is 13.7. The van der Waals surface area contributed by atoms with Crippen molar-refractivity contribution < 1.29 is 19.1 Å². The number of aliphatic carboxylic acids is 1. The molecule has 0 fully saturated rings. The van der Waals surface area contributed by atoms with Crippen LogP contribution >= 0.6 is 11.6 Å². The second-order valence-corrected chi connectivity index (χ2v) is 7.00. The van der Waals surface area contributed by atoms with Crippen molar-refractivity contribution in [3.8, 4) is 0 Å². The lowest BCUT2D eigenvalue weighted by Gasteiger charge is -2.08. The average Bonchev–Trinajstić information content (AvgIpc) is 3.24. The lowest BCUT2D eigenvalue weighted by atomic mass is 10.2. The summed E-state index contributed by atoms with van der Waals surface area (Å²) in [6.45, 7) is 5.32. The number of nitrogens with zero attached hydrogens (tertiary/aromatic N) is 4. The maximum Gasteiger partial charge on any atom is 0.328 e. The van der Waals surface area contributed by atoms with Gasteiger partial charge in [-0.3, -0.25) is 14.2 Å². The third-order valence-corrected chi connectivity index (χ3v) is 4.90. The van der Waals surface area contributed by atoms with Crippen molar-refractivity contribution in [1.82, 2.24) is 19.6 Å². The average molecular weight is 420 g/mol. The number of anilines is 1. The first-order valence-electron chi connectivity index (χ1n) is 8.74. The van der Waals surface area contributed by atoms with Crippen molar-refractivity contribution >= 4 is 29.2 Å². The number of hydrogen-bond acceptors (Lipinski definition) is 4. The summed E-state index contributed by atoms with van der Waals surface area (Å²) in [6, 6.07) is 4.71. The highest BCUT2D eigenvalue weighted by molar-refractivity contribution is 6.31. The molecule has 0 saturated carbocycles. The number of aromatic nitrogens is 4. The van der Waals surface area contributed by atoms with Gasteiger partial charge in [-0.1, -0.05) is 17.7 Å². The predicted molar refractivity (Wildman–Crippen MR) is 105 cm³/mol. The summed E-state index contributed by atoms with van der Waals surface area (Å²) in [5.74, 6) is -1.95. The van der Waals surface area contributed by atoms with Crippen molar-refractivity contribution in [2.45, 2.75) is 33.4 Å². The molecule has 0 aliphatic heterocycles. The molecule has 2 aromatic heterocycles. The zero-order chi connectivity index (χ0) is 21.3. The van der Waals surface area contributed by atoms with Gasteiger partial charge >= 0.3 is 5.97 Å². The van der Waals surface area contributed by atoms with Crippen LogP contribution in [0.25, 0.3) is 0 Å². The van der Waals surface area contributed by atoms with Crippen molar-refractivity contribution in [3.63, 3.8) is 0 Å². The second kappa shape index (κ2) is 8.04. The van der Waals surface area contributed by atoms with Crippen LogP contribution in [0.15, 0.2) is 30.5 Å². The molecule has 0 aliphatic carbocycles. The summed E-state index contributed by atoms with van der Waals surface area (Å²) in [4.78, 5) is 23.6. The Morgan fingerprint density at radius 2 is 2.00 bits per heavy atom. The molecule has 0 saturated heterocycles. The molecule has 1 amide bonds. The first kappa shape index (κ1) is 20.5. The fourth-order valence-electron chi connectivity index (χ4n) is 2.81. The normalized spacial score (nSPS) is 12.0. The third kappa shape index (κ3) is 4.29. The number of carbonyl (C=O) groups excluding carboxylic acids is 1. The first-order valence-corrected chi connectivity index (χ1v) is 9.12. The Balaban J connectivity index is 1.80. The largest absolute Gasteiger partial charge is 0.480 e. The van der Waals surface area contributed by atoms with E-state index in [0.717, 1.165) is 0 Å². The lowest BCUT2D eigenvalue weighted by Crippen LogP contribution is -2.18. The predicted octanol–water partition coefficient (Wildman–Crippen LogP) is 3.44. The van der Waals surface area contributed by atoms with Gasteiger partial charge in [-0.15, -0.1) is 0 Å². The van der Waals surface area contributed by atoms with Crippen molar-refractivity contribution in [3.05, 3.63) is 63.9 Å². The van der Waals surface area contributed by atoms with E-state index in [4.69, 9.17) is 16.7 Å². The number of carboxylic acid groups (broad SMARTS) is 1. The molecule has 1 atom stereocenters. The van der Waals surface area contributed by atoms with Crippen LogP contribution in [0.2, 0.25) is 5.02 Å². The van der Waals surface area contributed by atoms with Gasteiger partial charge < -0.3 is 10.4 Å². The molecule has 3 aromatic rings. The minimum atomic E-state index is -1.05. The molecule has 29 heavy (non-hydrogen) atoms. The number of nitrogens with one attached hydrogen (secondary N) is 1. The molecular formula is C19H19ClFN5O3. The number of aryl methyl sites for hydroxylation is 1. The van der Waals surface area contributed by atoms with E-state index in [0.29, 0.717) is 34.2 Å². The van der Waals surface area contributed by atoms with Gasteiger partial charge in [0.05, 0.1) is 23.6 Å². The van der Waals surface area contributed by atoms with Crippen LogP contribution in [0.1, 0.15) is 40.4 Å². The number of carboxylic acids is 1.